The molecule has 2 unspecified atom stereocenters. The molecule has 1 aliphatic heterocycles. The third-order valence-electron chi connectivity index (χ3n) is 3.83. The molecule has 0 aromatic heterocycles. The monoisotopic (exact) mass is 313 g/mol. The predicted octanol–water partition coefficient (Wildman–Crippen LogP) is 1.34. The average Bonchev–Trinajstić information content (AvgIpc) is 2.47. The van der Waals surface area contributed by atoms with E-state index in [4.69, 9.17) is 5.73 Å². The molecule has 2 rings (SSSR count). The van der Waals surface area contributed by atoms with E-state index in [9.17, 15) is 18.5 Å². The first-order valence-electron chi connectivity index (χ1n) is 6.82. The Morgan fingerprint density at radius 2 is 2.19 bits per heavy atom. The summed E-state index contributed by atoms with van der Waals surface area (Å²) in [6.07, 6.45) is 1.65. The van der Waals surface area contributed by atoms with Crippen LogP contribution in [-0.4, -0.2) is 36.8 Å². The highest BCUT2D eigenvalue weighted by molar-refractivity contribution is 7.89. The topological polar surface area (TPSA) is 107 Å². The summed E-state index contributed by atoms with van der Waals surface area (Å²) < 4.78 is 26.6. The number of benzene rings is 1. The number of hydrogen-bond donors (Lipinski definition) is 1. The van der Waals surface area contributed by atoms with Crippen LogP contribution in [0.3, 0.4) is 0 Å². The summed E-state index contributed by atoms with van der Waals surface area (Å²) in [6.45, 7) is 2.66. The van der Waals surface area contributed by atoms with Crippen molar-refractivity contribution < 1.29 is 13.3 Å². The summed E-state index contributed by atoms with van der Waals surface area (Å²) >= 11 is 0. The fourth-order valence-electron chi connectivity index (χ4n) is 2.53. The molecule has 0 saturated carbocycles. The van der Waals surface area contributed by atoms with Crippen LogP contribution in [0.4, 0.5) is 5.69 Å². The zero-order valence-corrected chi connectivity index (χ0v) is 12.6. The van der Waals surface area contributed by atoms with Crippen LogP contribution in [0.2, 0.25) is 0 Å². The molecule has 0 amide bonds. The lowest BCUT2D eigenvalue weighted by Gasteiger charge is -2.33. The minimum atomic E-state index is -3.71. The molecule has 0 radical (unpaired) electrons. The summed E-state index contributed by atoms with van der Waals surface area (Å²) in [5.74, 6) is 0.118. The van der Waals surface area contributed by atoms with Crippen LogP contribution in [0, 0.1) is 16.0 Å². The normalized spacial score (nSPS) is 21.9. The van der Waals surface area contributed by atoms with Crippen molar-refractivity contribution in [3.63, 3.8) is 0 Å². The van der Waals surface area contributed by atoms with E-state index in [1.54, 1.807) is 0 Å². The quantitative estimate of drug-likeness (QED) is 0.667. The van der Waals surface area contributed by atoms with Gasteiger partial charge in [0.25, 0.3) is 5.69 Å². The number of nitro benzene ring substituents is 1. The molecule has 2 N–H and O–H groups in total. The number of hydrogen-bond acceptors (Lipinski definition) is 5. The molecular weight excluding hydrogens is 294 g/mol. The molecule has 7 nitrogen and oxygen atoms in total. The SMILES string of the molecule is CC(N)C1CCCN(S(=O)(=O)c2cccc([N+](=O)[O-])c2)C1. The Balaban J connectivity index is 2.29. The van der Waals surface area contributed by atoms with Gasteiger partial charge in [-0.2, -0.15) is 4.31 Å². The van der Waals surface area contributed by atoms with Crippen LogP contribution in [0.1, 0.15) is 19.8 Å². The van der Waals surface area contributed by atoms with Gasteiger partial charge in [-0.05, 0) is 31.7 Å². The van der Waals surface area contributed by atoms with Crippen molar-refractivity contribution in [3.8, 4) is 0 Å². The number of nitrogens with two attached hydrogens (primary N) is 1. The van der Waals surface area contributed by atoms with Crippen LogP contribution in [0.5, 0.6) is 0 Å². The summed E-state index contributed by atoms with van der Waals surface area (Å²) in [5.41, 5.74) is 5.64. The smallest absolute Gasteiger partial charge is 0.270 e. The number of nitro groups is 1. The molecule has 0 spiro atoms. The zero-order valence-electron chi connectivity index (χ0n) is 11.8. The molecule has 21 heavy (non-hydrogen) atoms. The van der Waals surface area contributed by atoms with Crippen molar-refractivity contribution in [3.05, 3.63) is 34.4 Å². The van der Waals surface area contributed by atoms with E-state index in [-0.39, 0.29) is 22.5 Å². The van der Waals surface area contributed by atoms with E-state index in [1.807, 2.05) is 6.92 Å². The van der Waals surface area contributed by atoms with Crippen LogP contribution < -0.4 is 5.73 Å². The molecule has 116 valence electrons. The van der Waals surface area contributed by atoms with E-state index in [2.05, 4.69) is 0 Å². The van der Waals surface area contributed by atoms with Gasteiger partial charge >= 0.3 is 0 Å². The van der Waals surface area contributed by atoms with Gasteiger partial charge in [-0.3, -0.25) is 10.1 Å². The summed E-state index contributed by atoms with van der Waals surface area (Å²) in [7, 11) is -3.71. The second-order valence-corrected chi connectivity index (χ2v) is 7.32. The summed E-state index contributed by atoms with van der Waals surface area (Å²) in [5, 5.41) is 10.8. The van der Waals surface area contributed by atoms with Crippen molar-refractivity contribution in [2.45, 2.75) is 30.7 Å². The van der Waals surface area contributed by atoms with Crippen molar-refractivity contribution >= 4 is 15.7 Å². The average molecular weight is 313 g/mol. The number of rotatable bonds is 4. The maximum absolute atomic E-state index is 12.6. The zero-order chi connectivity index (χ0) is 15.6. The van der Waals surface area contributed by atoms with Crippen molar-refractivity contribution in [1.29, 1.82) is 0 Å². The van der Waals surface area contributed by atoms with Gasteiger partial charge in [-0.1, -0.05) is 6.07 Å². The highest BCUT2D eigenvalue weighted by Crippen LogP contribution is 2.26. The predicted molar refractivity (Wildman–Crippen MR) is 78.2 cm³/mol. The van der Waals surface area contributed by atoms with Gasteiger partial charge < -0.3 is 5.73 Å². The minimum absolute atomic E-state index is 0.0398. The molecule has 1 saturated heterocycles. The lowest BCUT2D eigenvalue weighted by atomic mass is 9.93. The first-order chi connectivity index (χ1) is 9.82. The molecule has 8 heteroatoms. The Bertz CT molecular complexity index is 630. The Morgan fingerprint density at radius 3 is 2.81 bits per heavy atom. The van der Waals surface area contributed by atoms with Gasteiger partial charge in [-0.15, -0.1) is 0 Å². The minimum Gasteiger partial charge on any atom is -0.328 e. The molecule has 0 bridgehead atoms. The molecular formula is C13H19N3O4S. The Kier molecular flexibility index (Phi) is 4.60. The van der Waals surface area contributed by atoms with Crippen LogP contribution >= 0.6 is 0 Å². The van der Waals surface area contributed by atoms with Crippen LogP contribution in [0.15, 0.2) is 29.2 Å². The molecule has 0 aliphatic carbocycles. The maximum atomic E-state index is 12.6. The van der Waals surface area contributed by atoms with Crippen LogP contribution in [0.25, 0.3) is 0 Å². The van der Waals surface area contributed by atoms with Crippen molar-refractivity contribution in [2.24, 2.45) is 11.7 Å². The van der Waals surface area contributed by atoms with Crippen molar-refractivity contribution in [2.75, 3.05) is 13.1 Å². The fraction of sp³-hybridized carbons (Fsp3) is 0.538. The van der Waals surface area contributed by atoms with Gasteiger partial charge in [0.2, 0.25) is 10.0 Å². The maximum Gasteiger partial charge on any atom is 0.270 e. The standard InChI is InChI=1S/C13H19N3O4S/c1-10(14)11-4-3-7-15(9-11)21(19,20)13-6-2-5-12(8-13)16(17)18/h2,5-6,8,10-11H,3-4,7,9,14H2,1H3. The van der Waals surface area contributed by atoms with Gasteiger partial charge in [0.1, 0.15) is 0 Å². The number of non-ortho nitro benzene ring substituents is 1. The second kappa shape index (κ2) is 6.08. The van der Waals surface area contributed by atoms with E-state index in [0.29, 0.717) is 13.1 Å². The number of sulfonamides is 1. The van der Waals surface area contributed by atoms with Gasteiger partial charge in [0, 0.05) is 31.3 Å². The second-order valence-electron chi connectivity index (χ2n) is 5.38. The highest BCUT2D eigenvalue weighted by Gasteiger charge is 2.32. The van der Waals surface area contributed by atoms with E-state index in [1.165, 1.54) is 22.5 Å². The van der Waals surface area contributed by atoms with E-state index < -0.39 is 14.9 Å². The van der Waals surface area contributed by atoms with E-state index >= 15 is 0 Å². The molecule has 1 fully saturated rings. The van der Waals surface area contributed by atoms with Crippen molar-refractivity contribution in [1.82, 2.24) is 4.31 Å². The Hall–Kier alpha value is -1.51. The molecule has 1 aromatic rings. The first kappa shape index (κ1) is 15.9. The molecule has 1 aliphatic rings. The van der Waals surface area contributed by atoms with Gasteiger partial charge in [-0.25, -0.2) is 8.42 Å². The molecule has 1 heterocycles. The Labute approximate surface area is 123 Å². The number of piperidine rings is 1. The lowest BCUT2D eigenvalue weighted by molar-refractivity contribution is -0.385. The lowest BCUT2D eigenvalue weighted by Crippen LogP contribution is -2.44. The van der Waals surface area contributed by atoms with Gasteiger partial charge in [0.05, 0.1) is 9.82 Å². The Morgan fingerprint density at radius 1 is 1.48 bits per heavy atom. The highest BCUT2D eigenvalue weighted by atomic mass is 32.2. The fourth-order valence-corrected chi connectivity index (χ4v) is 4.10. The molecule has 2 atom stereocenters. The third-order valence-corrected chi connectivity index (χ3v) is 5.69. The first-order valence-corrected chi connectivity index (χ1v) is 8.26. The third kappa shape index (κ3) is 3.39. The number of nitrogens with zero attached hydrogens (tertiary/aromatic N) is 2. The van der Waals surface area contributed by atoms with Gasteiger partial charge in [0.15, 0.2) is 0 Å². The van der Waals surface area contributed by atoms with Crippen LogP contribution in [-0.2, 0) is 10.0 Å². The van der Waals surface area contributed by atoms with E-state index in [0.717, 1.165) is 18.9 Å². The largest absolute Gasteiger partial charge is 0.328 e. The molecule has 1 aromatic carbocycles. The summed E-state index contributed by atoms with van der Waals surface area (Å²) in [6, 6.07) is 5.08. The summed E-state index contributed by atoms with van der Waals surface area (Å²) in [4.78, 5) is 10.1.